The Morgan fingerprint density at radius 3 is 2.53 bits per heavy atom. The number of rotatable bonds is 8. The summed E-state index contributed by atoms with van der Waals surface area (Å²) in [6.07, 6.45) is 1.66. The van der Waals surface area contributed by atoms with Gasteiger partial charge in [0.25, 0.3) is 0 Å². The van der Waals surface area contributed by atoms with Gasteiger partial charge in [0.15, 0.2) is 0 Å². The molecule has 3 rings (SSSR count). The highest BCUT2D eigenvalue weighted by atomic mass is 16.4. The van der Waals surface area contributed by atoms with Crippen LogP contribution in [0.25, 0.3) is 21.9 Å². The lowest BCUT2D eigenvalue weighted by Crippen LogP contribution is -2.42. The van der Waals surface area contributed by atoms with Crippen molar-refractivity contribution in [1.29, 1.82) is 0 Å². The molecule has 0 radical (unpaired) electrons. The summed E-state index contributed by atoms with van der Waals surface area (Å²) in [6, 6.07) is -0.124. The van der Waals surface area contributed by atoms with Gasteiger partial charge in [-0.05, 0) is 56.4 Å². The molecule has 10 heteroatoms. The molecule has 0 fully saturated rings. The van der Waals surface area contributed by atoms with Crippen LogP contribution in [-0.4, -0.2) is 35.6 Å². The first kappa shape index (κ1) is 22.9. The third-order valence-electron chi connectivity index (χ3n) is 5.41. The molecule has 1 atom stereocenters. The SMILES string of the molecule is Cc1coc2c1c(C)cc1oc(=O)c(CC(=O)NC(CCCNC(N)=O)C(=O)O)c(C)c12. The maximum Gasteiger partial charge on any atom is 0.340 e. The van der Waals surface area contributed by atoms with E-state index in [0.29, 0.717) is 28.5 Å². The summed E-state index contributed by atoms with van der Waals surface area (Å²) in [4.78, 5) is 47.3. The lowest BCUT2D eigenvalue weighted by Gasteiger charge is -2.15. The summed E-state index contributed by atoms with van der Waals surface area (Å²) in [5.74, 6) is -1.85. The smallest absolute Gasteiger partial charge is 0.340 e. The second-order valence-corrected chi connectivity index (χ2v) is 7.75. The number of urea groups is 1. The number of aliphatic carboxylic acids is 1. The molecule has 32 heavy (non-hydrogen) atoms. The van der Waals surface area contributed by atoms with Crippen LogP contribution in [0.1, 0.15) is 35.1 Å². The van der Waals surface area contributed by atoms with Crippen LogP contribution in [0.3, 0.4) is 0 Å². The zero-order valence-corrected chi connectivity index (χ0v) is 18.0. The fourth-order valence-corrected chi connectivity index (χ4v) is 3.86. The number of aryl methyl sites for hydroxylation is 3. The van der Waals surface area contributed by atoms with Gasteiger partial charge in [-0.2, -0.15) is 0 Å². The first-order chi connectivity index (χ1) is 15.1. The summed E-state index contributed by atoms with van der Waals surface area (Å²) in [5.41, 5.74) is 7.77. The first-order valence-corrected chi connectivity index (χ1v) is 10.1. The number of hydrogen-bond donors (Lipinski definition) is 4. The topological polar surface area (TPSA) is 165 Å². The molecular formula is C22H25N3O7. The molecule has 2 aromatic heterocycles. The van der Waals surface area contributed by atoms with E-state index >= 15 is 0 Å². The Labute approximate surface area is 182 Å². The molecule has 5 N–H and O–H groups in total. The number of carbonyl (C=O) groups excluding carboxylic acids is 2. The van der Waals surface area contributed by atoms with E-state index in [9.17, 15) is 24.3 Å². The van der Waals surface area contributed by atoms with Crippen LogP contribution < -0.4 is 22.0 Å². The summed E-state index contributed by atoms with van der Waals surface area (Å²) in [6.45, 7) is 5.70. The maximum atomic E-state index is 12.6. The van der Waals surface area contributed by atoms with Gasteiger partial charge >= 0.3 is 17.6 Å². The first-order valence-electron chi connectivity index (χ1n) is 10.1. The molecule has 0 spiro atoms. The molecule has 170 valence electrons. The van der Waals surface area contributed by atoms with Crippen molar-refractivity contribution in [3.63, 3.8) is 0 Å². The number of hydrogen-bond acceptors (Lipinski definition) is 6. The molecule has 3 aromatic rings. The van der Waals surface area contributed by atoms with E-state index in [1.54, 1.807) is 19.3 Å². The van der Waals surface area contributed by atoms with Crippen LogP contribution in [0.4, 0.5) is 4.79 Å². The molecule has 0 saturated heterocycles. The number of carboxylic acids is 1. The van der Waals surface area contributed by atoms with E-state index in [1.807, 2.05) is 13.8 Å². The normalized spacial score (nSPS) is 12.1. The number of primary amides is 1. The third-order valence-corrected chi connectivity index (χ3v) is 5.41. The minimum absolute atomic E-state index is 0.0816. The molecule has 0 aliphatic carbocycles. The molecule has 0 aliphatic heterocycles. The molecule has 0 saturated carbocycles. The minimum atomic E-state index is -1.22. The van der Waals surface area contributed by atoms with E-state index in [1.165, 1.54) is 0 Å². The number of benzene rings is 1. The third kappa shape index (κ3) is 4.58. The molecular weight excluding hydrogens is 418 g/mol. The molecule has 3 amide bonds. The number of nitrogens with one attached hydrogen (secondary N) is 2. The Kier molecular flexibility index (Phi) is 6.52. The van der Waals surface area contributed by atoms with Gasteiger partial charge in [0.05, 0.1) is 23.6 Å². The van der Waals surface area contributed by atoms with E-state index in [-0.39, 0.29) is 24.9 Å². The average Bonchev–Trinajstić information content (AvgIpc) is 3.09. The van der Waals surface area contributed by atoms with Crippen molar-refractivity contribution in [2.45, 2.75) is 46.1 Å². The lowest BCUT2D eigenvalue weighted by molar-refractivity contribution is -0.141. The number of furan rings is 1. The van der Waals surface area contributed by atoms with Crippen LogP contribution in [0.5, 0.6) is 0 Å². The van der Waals surface area contributed by atoms with Crippen LogP contribution in [0, 0.1) is 20.8 Å². The Bertz CT molecular complexity index is 1270. The predicted octanol–water partition coefficient (Wildman–Crippen LogP) is 2.02. The predicted molar refractivity (Wildman–Crippen MR) is 117 cm³/mol. The van der Waals surface area contributed by atoms with Crippen LogP contribution in [0.2, 0.25) is 0 Å². The number of amides is 3. The number of carboxylic acid groups (broad SMARTS) is 1. The van der Waals surface area contributed by atoms with Crippen LogP contribution >= 0.6 is 0 Å². The summed E-state index contributed by atoms with van der Waals surface area (Å²) < 4.78 is 11.2. The monoisotopic (exact) mass is 443 g/mol. The second kappa shape index (κ2) is 9.13. The van der Waals surface area contributed by atoms with Crippen molar-refractivity contribution in [2.24, 2.45) is 5.73 Å². The zero-order chi connectivity index (χ0) is 23.6. The Hall–Kier alpha value is -3.82. The summed E-state index contributed by atoms with van der Waals surface area (Å²) >= 11 is 0. The Morgan fingerprint density at radius 2 is 1.88 bits per heavy atom. The van der Waals surface area contributed by atoms with E-state index < -0.39 is 29.6 Å². The largest absolute Gasteiger partial charge is 0.480 e. The van der Waals surface area contributed by atoms with Crippen molar-refractivity contribution in [3.05, 3.63) is 45.0 Å². The van der Waals surface area contributed by atoms with E-state index in [4.69, 9.17) is 14.6 Å². The van der Waals surface area contributed by atoms with Crippen molar-refractivity contribution in [1.82, 2.24) is 10.6 Å². The molecule has 2 heterocycles. The van der Waals surface area contributed by atoms with Gasteiger partial charge < -0.3 is 30.3 Å². The highest BCUT2D eigenvalue weighted by Gasteiger charge is 2.23. The molecule has 0 bridgehead atoms. The molecule has 0 aliphatic rings. The fraction of sp³-hybridized carbons (Fsp3) is 0.364. The summed E-state index contributed by atoms with van der Waals surface area (Å²) in [7, 11) is 0. The summed E-state index contributed by atoms with van der Waals surface area (Å²) in [5, 5.41) is 15.7. The number of fused-ring (bicyclic) bond motifs is 3. The highest BCUT2D eigenvalue weighted by Crippen LogP contribution is 2.34. The van der Waals surface area contributed by atoms with Crippen molar-refractivity contribution in [3.8, 4) is 0 Å². The molecule has 1 unspecified atom stereocenters. The van der Waals surface area contributed by atoms with E-state index in [0.717, 1.165) is 16.5 Å². The van der Waals surface area contributed by atoms with Gasteiger partial charge in [0, 0.05) is 11.9 Å². The van der Waals surface area contributed by atoms with Crippen molar-refractivity contribution >= 4 is 39.8 Å². The van der Waals surface area contributed by atoms with Crippen LogP contribution in [-0.2, 0) is 16.0 Å². The highest BCUT2D eigenvalue weighted by molar-refractivity contribution is 6.07. The molecule has 1 aromatic carbocycles. The Balaban J connectivity index is 1.86. The Morgan fingerprint density at radius 1 is 1.16 bits per heavy atom. The fourth-order valence-electron chi connectivity index (χ4n) is 3.86. The second-order valence-electron chi connectivity index (χ2n) is 7.75. The zero-order valence-electron chi connectivity index (χ0n) is 18.0. The van der Waals surface area contributed by atoms with E-state index in [2.05, 4.69) is 10.6 Å². The van der Waals surface area contributed by atoms with Gasteiger partial charge in [0.2, 0.25) is 5.91 Å². The minimum Gasteiger partial charge on any atom is -0.480 e. The number of nitrogens with two attached hydrogens (primary N) is 1. The maximum absolute atomic E-state index is 12.6. The van der Waals surface area contributed by atoms with Gasteiger partial charge in [0.1, 0.15) is 17.2 Å². The quantitative estimate of drug-likeness (QED) is 0.305. The molecule has 10 nitrogen and oxygen atoms in total. The van der Waals surface area contributed by atoms with Gasteiger partial charge in [-0.3, -0.25) is 4.79 Å². The van der Waals surface area contributed by atoms with Crippen molar-refractivity contribution in [2.75, 3.05) is 6.54 Å². The van der Waals surface area contributed by atoms with Gasteiger partial charge in [-0.25, -0.2) is 14.4 Å². The van der Waals surface area contributed by atoms with Gasteiger partial charge in [-0.1, -0.05) is 0 Å². The average molecular weight is 443 g/mol. The van der Waals surface area contributed by atoms with Crippen molar-refractivity contribution < 1.29 is 28.3 Å². The number of carbonyl (C=O) groups is 3. The standard InChI is InChI=1S/C22H25N3O7/c1-10-7-15-18(19-17(10)11(2)9-31-19)12(3)13(21(29)32-15)8-16(26)25-14(20(27)28)5-4-6-24-22(23)30/h7,9,14H,4-6,8H2,1-3H3,(H,25,26)(H,27,28)(H3,23,24,30). The van der Waals surface area contributed by atoms with Crippen LogP contribution in [0.15, 0.2) is 26.0 Å². The van der Waals surface area contributed by atoms with Gasteiger partial charge in [-0.15, -0.1) is 0 Å². The lowest BCUT2D eigenvalue weighted by atomic mass is 9.98.